The summed E-state index contributed by atoms with van der Waals surface area (Å²) in [5.74, 6) is 0.465. The maximum absolute atomic E-state index is 12.8. The molecule has 0 atom stereocenters. The van der Waals surface area contributed by atoms with Crippen molar-refractivity contribution >= 4 is 45.1 Å². The monoisotopic (exact) mass is 452 g/mol. The van der Waals surface area contributed by atoms with E-state index < -0.39 is 0 Å². The van der Waals surface area contributed by atoms with E-state index in [1.165, 1.54) is 16.3 Å². The molecule has 0 fully saturated rings. The predicted molar refractivity (Wildman–Crippen MR) is 125 cm³/mol. The van der Waals surface area contributed by atoms with Crippen LogP contribution in [0.1, 0.15) is 5.56 Å². The molecule has 0 saturated carbocycles. The molecular formula is C22H20N4O3S2. The first kappa shape index (κ1) is 21.1. The average Bonchev–Trinajstić information content (AvgIpc) is 3.20. The van der Waals surface area contributed by atoms with E-state index in [1.54, 1.807) is 26.3 Å². The molecule has 7 nitrogen and oxygen atoms in total. The van der Waals surface area contributed by atoms with Gasteiger partial charge in [0.15, 0.2) is 5.16 Å². The summed E-state index contributed by atoms with van der Waals surface area (Å²) in [5, 5.41) is 3.29. The zero-order chi connectivity index (χ0) is 22.0. The number of benzene rings is 2. The average molecular weight is 453 g/mol. The van der Waals surface area contributed by atoms with Gasteiger partial charge in [0.2, 0.25) is 5.91 Å². The number of aromatic nitrogens is 3. The van der Waals surface area contributed by atoms with Crippen molar-refractivity contribution in [3.63, 3.8) is 0 Å². The van der Waals surface area contributed by atoms with Gasteiger partial charge in [0.25, 0.3) is 5.56 Å². The first-order valence-electron chi connectivity index (χ1n) is 9.47. The molecular weight excluding hydrogens is 432 g/mol. The molecule has 31 heavy (non-hydrogen) atoms. The van der Waals surface area contributed by atoms with Gasteiger partial charge in [-0.1, -0.05) is 53.7 Å². The number of thioether (sulfide) groups is 1. The third kappa shape index (κ3) is 4.33. The number of anilines is 1. The van der Waals surface area contributed by atoms with Crippen LogP contribution in [0.4, 0.5) is 5.69 Å². The SMILES string of the molecule is COc1ccccc1NC(=O)CSc1nc2c(-c3ccc(C)cc3)nsc2c(=O)n1C. The minimum Gasteiger partial charge on any atom is -0.495 e. The highest BCUT2D eigenvalue weighted by Crippen LogP contribution is 2.30. The molecule has 4 aromatic rings. The van der Waals surface area contributed by atoms with Gasteiger partial charge in [0.05, 0.1) is 18.6 Å². The minimum atomic E-state index is -0.217. The van der Waals surface area contributed by atoms with Crippen LogP contribution < -0.4 is 15.6 Å². The number of nitrogens with one attached hydrogen (secondary N) is 1. The number of methoxy groups -OCH3 is 1. The van der Waals surface area contributed by atoms with Crippen LogP contribution in [0.3, 0.4) is 0 Å². The summed E-state index contributed by atoms with van der Waals surface area (Å²) < 4.78 is 11.7. The lowest BCUT2D eigenvalue weighted by Gasteiger charge is -2.10. The van der Waals surface area contributed by atoms with Crippen LogP contribution in [0.25, 0.3) is 21.5 Å². The van der Waals surface area contributed by atoms with Crippen molar-refractivity contribution in [1.82, 2.24) is 13.9 Å². The highest BCUT2D eigenvalue weighted by molar-refractivity contribution is 7.99. The molecule has 158 valence electrons. The van der Waals surface area contributed by atoms with Gasteiger partial charge in [-0.15, -0.1) is 0 Å². The molecule has 0 bridgehead atoms. The number of fused-ring (bicyclic) bond motifs is 1. The lowest BCUT2D eigenvalue weighted by atomic mass is 10.1. The van der Waals surface area contributed by atoms with E-state index >= 15 is 0 Å². The van der Waals surface area contributed by atoms with Gasteiger partial charge < -0.3 is 10.1 Å². The number of aryl methyl sites for hydroxylation is 1. The van der Waals surface area contributed by atoms with Crippen LogP contribution in [0, 0.1) is 6.92 Å². The minimum absolute atomic E-state index is 0.0985. The summed E-state index contributed by atoms with van der Waals surface area (Å²) in [4.78, 5) is 30.0. The topological polar surface area (TPSA) is 86.1 Å². The predicted octanol–water partition coefficient (Wildman–Crippen LogP) is 4.10. The molecule has 0 aliphatic heterocycles. The lowest BCUT2D eigenvalue weighted by molar-refractivity contribution is -0.113. The van der Waals surface area contributed by atoms with Gasteiger partial charge in [0.1, 0.15) is 21.7 Å². The molecule has 2 heterocycles. The summed E-state index contributed by atoms with van der Waals surface area (Å²) in [6.45, 7) is 2.02. The maximum Gasteiger partial charge on any atom is 0.273 e. The van der Waals surface area contributed by atoms with Crippen LogP contribution in [0.5, 0.6) is 5.75 Å². The van der Waals surface area contributed by atoms with Crippen molar-refractivity contribution in [2.45, 2.75) is 12.1 Å². The van der Waals surface area contributed by atoms with E-state index in [0.29, 0.717) is 32.5 Å². The van der Waals surface area contributed by atoms with Crippen molar-refractivity contribution in [2.24, 2.45) is 7.05 Å². The number of rotatable bonds is 6. The van der Waals surface area contributed by atoms with Crippen molar-refractivity contribution in [1.29, 1.82) is 0 Å². The molecule has 4 rings (SSSR count). The summed E-state index contributed by atoms with van der Waals surface area (Å²) >= 11 is 2.35. The third-order valence-corrected chi connectivity index (χ3v) is 6.55. The fraction of sp³-hybridized carbons (Fsp3) is 0.182. The lowest BCUT2D eigenvalue weighted by Crippen LogP contribution is -2.21. The molecule has 0 aliphatic carbocycles. The zero-order valence-corrected chi connectivity index (χ0v) is 18.8. The number of amides is 1. The smallest absolute Gasteiger partial charge is 0.273 e. The molecule has 0 aliphatic rings. The molecule has 0 radical (unpaired) electrons. The highest BCUT2D eigenvalue weighted by Gasteiger charge is 2.18. The Labute approximate surface area is 187 Å². The van der Waals surface area contributed by atoms with Crippen LogP contribution >= 0.6 is 23.3 Å². The Balaban J connectivity index is 1.59. The Hall–Kier alpha value is -3.17. The second-order valence-electron chi connectivity index (χ2n) is 6.87. The van der Waals surface area contributed by atoms with E-state index in [0.717, 1.165) is 22.7 Å². The van der Waals surface area contributed by atoms with Gasteiger partial charge in [-0.2, -0.15) is 4.37 Å². The molecule has 1 amide bonds. The van der Waals surface area contributed by atoms with E-state index in [9.17, 15) is 9.59 Å². The maximum atomic E-state index is 12.8. The molecule has 1 N–H and O–H groups in total. The van der Waals surface area contributed by atoms with E-state index in [1.807, 2.05) is 43.3 Å². The summed E-state index contributed by atoms with van der Waals surface area (Å²) in [5.41, 5.74) is 3.71. The number of hydrogen-bond acceptors (Lipinski definition) is 7. The number of nitrogens with zero attached hydrogens (tertiary/aromatic N) is 3. The standard InChI is InChI=1S/C22H20N4O3S2/c1-13-8-10-14(11-9-13)18-19-20(31-25-18)21(28)26(2)22(24-19)30-12-17(27)23-15-6-4-5-7-16(15)29-3/h4-11H,12H2,1-3H3,(H,23,27). The first-order valence-corrected chi connectivity index (χ1v) is 11.2. The van der Waals surface area contributed by atoms with Gasteiger partial charge in [-0.3, -0.25) is 14.2 Å². The molecule has 2 aromatic carbocycles. The molecule has 0 spiro atoms. The number of carbonyl (C=O) groups is 1. The number of ether oxygens (including phenoxy) is 1. The van der Waals surface area contributed by atoms with Crippen LogP contribution in [-0.2, 0) is 11.8 Å². The Bertz CT molecular complexity index is 1310. The summed E-state index contributed by atoms with van der Waals surface area (Å²) in [6.07, 6.45) is 0. The normalized spacial score (nSPS) is 10.9. The number of carbonyl (C=O) groups excluding carboxylic acids is 1. The van der Waals surface area contributed by atoms with Crippen molar-refractivity contribution in [2.75, 3.05) is 18.2 Å². The first-order chi connectivity index (χ1) is 15.0. The van der Waals surface area contributed by atoms with Gasteiger partial charge in [-0.25, -0.2) is 4.98 Å². The Morgan fingerprint density at radius 1 is 1.19 bits per heavy atom. The second-order valence-corrected chi connectivity index (χ2v) is 8.59. The molecule has 0 saturated heterocycles. The van der Waals surface area contributed by atoms with Gasteiger partial charge in [0, 0.05) is 12.6 Å². The van der Waals surface area contributed by atoms with E-state index in [-0.39, 0.29) is 17.2 Å². The molecule has 2 aromatic heterocycles. The van der Waals surface area contributed by atoms with Crippen molar-refractivity contribution in [3.05, 3.63) is 64.4 Å². The fourth-order valence-electron chi connectivity index (χ4n) is 3.03. The van der Waals surface area contributed by atoms with Gasteiger partial charge in [-0.05, 0) is 30.6 Å². The van der Waals surface area contributed by atoms with E-state index in [2.05, 4.69) is 14.7 Å². The van der Waals surface area contributed by atoms with Crippen molar-refractivity contribution in [3.8, 4) is 17.0 Å². The van der Waals surface area contributed by atoms with Crippen LogP contribution in [0.15, 0.2) is 58.5 Å². The van der Waals surface area contributed by atoms with Crippen LogP contribution in [0.2, 0.25) is 0 Å². The van der Waals surface area contributed by atoms with Crippen LogP contribution in [-0.4, -0.2) is 32.7 Å². The molecule has 0 unspecified atom stereocenters. The quantitative estimate of drug-likeness (QED) is 0.350. The highest BCUT2D eigenvalue weighted by atomic mass is 32.2. The summed E-state index contributed by atoms with van der Waals surface area (Å²) in [6, 6.07) is 15.1. The number of para-hydroxylation sites is 2. The largest absolute Gasteiger partial charge is 0.495 e. The Morgan fingerprint density at radius 3 is 2.68 bits per heavy atom. The number of hydrogen-bond donors (Lipinski definition) is 1. The Morgan fingerprint density at radius 2 is 1.94 bits per heavy atom. The fourth-order valence-corrected chi connectivity index (χ4v) is 4.62. The van der Waals surface area contributed by atoms with Gasteiger partial charge >= 0.3 is 0 Å². The zero-order valence-electron chi connectivity index (χ0n) is 17.2. The second kappa shape index (κ2) is 8.91. The van der Waals surface area contributed by atoms with E-state index in [4.69, 9.17) is 4.74 Å². The summed E-state index contributed by atoms with van der Waals surface area (Å²) in [7, 11) is 3.20. The van der Waals surface area contributed by atoms with Crippen molar-refractivity contribution < 1.29 is 9.53 Å². The molecule has 9 heteroatoms. The Kier molecular flexibility index (Phi) is 6.06. The third-order valence-electron chi connectivity index (χ3n) is 4.70.